The summed E-state index contributed by atoms with van der Waals surface area (Å²) in [6, 6.07) is 14.4. The second-order valence-corrected chi connectivity index (χ2v) is 6.40. The van der Waals surface area contributed by atoms with Crippen LogP contribution in [0.3, 0.4) is 0 Å². The number of amides is 2. The van der Waals surface area contributed by atoms with E-state index in [4.69, 9.17) is 4.74 Å². The van der Waals surface area contributed by atoms with Gasteiger partial charge in [-0.1, -0.05) is 28.1 Å². The number of carbonyl (C=O) groups is 2. The molecule has 0 aliphatic rings. The first-order chi connectivity index (χ1) is 12.0. The molecule has 0 aliphatic carbocycles. The molecular formula is C19H21BrN2O3. The zero-order valence-corrected chi connectivity index (χ0v) is 15.8. The molecule has 2 N–H and O–H groups in total. The molecule has 25 heavy (non-hydrogen) atoms. The lowest BCUT2D eigenvalue weighted by atomic mass is 10.1. The van der Waals surface area contributed by atoms with Crippen molar-refractivity contribution in [2.24, 2.45) is 0 Å². The maximum atomic E-state index is 12.1. The Labute approximate surface area is 155 Å². The van der Waals surface area contributed by atoms with Gasteiger partial charge in [0.15, 0.2) is 0 Å². The largest absolute Gasteiger partial charge is 0.494 e. The molecule has 0 bridgehead atoms. The average Bonchev–Trinajstić information content (AvgIpc) is 2.61. The highest BCUT2D eigenvalue weighted by Gasteiger charge is 2.11. The van der Waals surface area contributed by atoms with Crippen LogP contribution in [0.2, 0.25) is 0 Å². The third-order valence-electron chi connectivity index (χ3n) is 3.58. The molecule has 0 heterocycles. The van der Waals surface area contributed by atoms with E-state index in [2.05, 4.69) is 26.6 Å². The lowest BCUT2D eigenvalue weighted by molar-refractivity contribution is -0.120. The minimum absolute atomic E-state index is 0.0765. The molecule has 5 nitrogen and oxygen atoms in total. The zero-order valence-electron chi connectivity index (χ0n) is 14.2. The molecule has 0 spiro atoms. The van der Waals surface area contributed by atoms with E-state index in [0.29, 0.717) is 17.9 Å². The van der Waals surface area contributed by atoms with Gasteiger partial charge in [0.05, 0.1) is 19.2 Å². The summed E-state index contributed by atoms with van der Waals surface area (Å²) in [7, 11) is 0. The average molecular weight is 405 g/mol. The van der Waals surface area contributed by atoms with Crippen LogP contribution in [0.15, 0.2) is 53.0 Å². The molecule has 2 rings (SSSR count). The van der Waals surface area contributed by atoms with Crippen molar-refractivity contribution in [3.63, 3.8) is 0 Å². The van der Waals surface area contributed by atoms with E-state index < -0.39 is 0 Å². The smallest absolute Gasteiger partial charge is 0.251 e. The predicted octanol–water partition coefficient (Wildman–Crippen LogP) is 3.46. The van der Waals surface area contributed by atoms with Gasteiger partial charge < -0.3 is 15.4 Å². The minimum Gasteiger partial charge on any atom is -0.494 e. The van der Waals surface area contributed by atoms with Crippen LogP contribution in [0.25, 0.3) is 0 Å². The van der Waals surface area contributed by atoms with Gasteiger partial charge in [-0.2, -0.15) is 0 Å². The number of halogens is 1. The van der Waals surface area contributed by atoms with Crippen molar-refractivity contribution in [2.45, 2.75) is 19.9 Å². The fraction of sp³-hybridized carbons (Fsp3) is 0.263. The molecule has 0 radical (unpaired) electrons. The summed E-state index contributed by atoms with van der Waals surface area (Å²) < 4.78 is 6.32. The first kappa shape index (κ1) is 19.0. The van der Waals surface area contributed by atoms with Crippen molar-refractivity contribution >= 4 is 27.7 Å². The van der Waals surface area contributed by atoms with Crippen molar-refractivity contribution in [3.05, 3.63) is 64.1 Å². The Bertz CT molecular complexity index is 714. The fourth-order valence-electron chi connectivity index (χ4n) is 2.26. The van der Waals surface area contributed by atoms with Crippen LogP contribution in [0.1, 0.15) is 35.8 Å². The van der Waals surface area contributed by atoms with Crippen LogP contribution in [0.5, 0.6) is 5.75 Å². The van der Waals surface area contributed by atoms with Crippen molar-refractivity contribution < 1.29 is 14.3 Å². The van der Waals surface area contributed by atoms with Gasteiger partial charge in [0.25, 0.3) is 5.91 Å². The predicted molar refractivity (Wildman–Crippen MR) is 101 cm³/mol. The first-order valence-corrected chi connectivity index (χ1v) is 8.84. The number of benzene rings is 2. The highest BCUT2D eigenvalue weighted by Crippen LogP contribution is 2.16. The second kappa shape index (κ2) is 9.22. The molecule has 132 valence electrons. The molecule has 2 aromatic carbocycles. The summed E-state index contributed by atoms with van der Waals surface area (Å²) in [4.78, 5) is 24.1. The molecule has 0 aromatic heterocycles. The van der Waals surface area contributed by atoms with Crippen LogP contribution in [-0.2, 0) is 4.79 Å². The number of hydrogen-bond donors (Lipinski definition) is 2. The Hall–Kier alpha value is -2.34. The van der Waals surface area contributed by atoms with E-state index in [-0.39, 0.29) is 24.4 Å². The van der Waals surface area contributed by atoms with Crippen LogP contribution in [0.4, 0.5) is 0 Å². The van der Waals surface area contributed by atoms with Gasteiger partial charge in [0.2, 0.25) is 5.91 Å². The highest BCUT2D eigenvalue weighted by atomic mass is 79.9. The molecule has 0 saturated carbocycles. The van der Waals surface area contributed by atoms with E-state index in [9.17, 15) is 9.59 Å². The van der Waals surface area contributed by atoms with Crippen LogP contribution < -0.4 is 15.4 Å². The molecule has 0 saturated heterocycles. The third kappa shape index (κ3) is 5.90. The molecule has 6 heteroatoms. The monoisotopic (exact) mass is 404 g/mol. The lowest BCUT2D eigenvalue weighted by Crippen LogP contribution is -2.38. The number of hydrogen-bond acceptors (Lipinski definition) is 3. The Kier molecular flexibility index (Phi) is 7.01. The molecule has 0 aliphatic heterocycles. The van der Waals surface area contributed by atoms with E-state index in [1.165, 1.54) is 0 Å². The number of nitrogens with one attached hydrogen (secondary N) is 2. The van der Waals surface area contributed by atoms with E-state index in [1.54, 1.807) is 24.3 Å². The minimum atomic E-state index is -0.297. The normalized spacial score (nSPS) is 11.5. The van der Waals surface area contributed by atoms with E-state index in [0.717, 1.165) is 10.0 Å². The fourth-order valence-corrected chi connectivity index (χ4v) is 2.52. The standard InChI is InChI=1S/C19H21BrN2O3/c1-3-25-17-10-6-15(7-11-17)19(24)21-12-18(23)22-13(2)14-4-8-16(20)9-5-14/h4-11,13H,3,12H2,1-2H3,(H,21,24)(H,22,23). The van der Waals surface area contributed by atoms with Crippen molar-refractivity contribution in [3.8, 4) is 5.75 Å². The molecule has 2 amide bonds. The zero-order chi connectivity index (χ0) is 18.2. The van der Waals surface area contributed by atoms with Crippen LogP contribution in [-0.4, -0.2) is 25.0 Å². The lowest BCUT2D eigenvalue weighted by Gasteiger charge is -2.15. The Morgan fingerprint density at radius 1 is 1.08 bits per heavy atom. The summed E-state index contributed by atoms with van der Waals surface area (Å²) in [5, 5.41) is 5.48. The quantitative estimate of drug-likeness (QED) is 0.742. The van der Waals surface area contributed by atoms with E-state index in [1.807, 2.05) is 38.1 Å². The van der Waals surface area contributed by atoms with Crippen molar-refractivity contribution in [2.75, 3.05) is 13.2 Å². The van der Waals surface area contributed by atoms with Gasteiger partial charge in [-0.05, 0) is 55.8 Å². The van der Waals surface area contributed by atoms with Gasteiger partial charge in [-0.3, -0.25) is 9.59 Å². The highest BCUT2D eigenvalue weighted by molar-refractivity contribution is 9.10. The second-order valence-electron chi connectivity index (χ2n) is 5.48. The van der Waals surface area contributed by atoms with Crippen LogP contribution in [0, 0.1) is 0 Å². The molecule has 2 aromatic rings. The summed E-state index contributed by atoms with van der Waals surface area (Å²) in [5.41, 5.74) is 1.48. The number of ether oxygens (including phenoxy) is 1. The first-order valence-electron chi connectivity index (χ1n) is 8.05. The van der Waals surface area contributed by atoms with Crippen molar-refractivity contribution in [1.82, 2.24) is 10.6 Å². The number of rotatable bonds is 7. The summed E-state index contributed by atoms with van der Waals surface area (Å²) in [6.07, 6.45) is 0. The maximum absolute atomic E-state index is 12.1. The van der Waals surface area contributed by atoms with Crippen LogP contribution >= 0.6 is 15.9 Å². The Balaban J connectivity index is 1.82. The molecule has 1 unspecified atom stereocenters. The van der Waals surface area contributed by atoms with E-state index >= 15 is 0 Å². The molecular weight excluding hydrogens is 384 g/mol. The van der Waals surface area contributed by atoms with Gasteiger partial charge in [0, 0.05) is 10.0 Å². The Morgan fingerprint density at radius 3 is 2.32 bits per heavy atom. The van der Waals surface area contributed by atoms with Crippen molar-refractivity contribution in [1.29, 1.82) is 0 Å². The third-order valence-corrected chi connectivity index (χ3v) is 4.11. The van der Waals surface area contributed by atoms with Gasteiger partial charge in [-0.15, -0.1) is 0 Å². The summed E-state index contributed by atoms with van der Waals surface area (Å²) in [6.45, 7) is 4.29. The number of carbonyl (C=O) groups excluding carboxylic acids is 2. The van der Waals surface area contributed by atoms with Gasteiger partial charge in [-0.25, -0.2) is 0 Å². The topological polar surface area (TPSA) is 67.4 Å². The summed E-state index contributed by atoms with van der Waals surface area (Å²) >= 11 is 3.38. The molecule has 1 atom stereocenters. The maximum Gasteiger partial charge on any atom is 0.251 e. The van der Waals surface area contributed by atoms with Gasteiger partial charge in [0.1, 0.15) is 5.75 Å². The molecule has 0 fully saturated rings. The SMILES string of the molecule is CCOc1ccc(C(=O)NCC(=O)NC(C)c2ccc(Br)cc2)cc1. The summed E-state index contributed by atoms with van der Waals surface area (Å²) in [5.74, 6) is 0.171. The van der Waals surface area contributed by atoms with Gasteiger partial charge >= 0.3 is 0 Å². The Morgan fingerprint density at radius 2 is 1.72 bits per heavy atom.